The molecule has 11 aromatic rings. The topological polar surface area (TPSA) is 42.4 Å². The first-order valence-electron chi connectivity index (χ1n) is 19.2. The lowest BCUT2D eigenvalue weighted by Crippen LogP contribution is -2.11. The number of fused-ring (bicyclic) bond motifs is 6. The van der Waals surface area contributed by atoms with E-state index in [1.807, 2.05) is 42.5 Å². The van der Waals surface area contributed by atoms with Crippen LogP contribution in [0.25, 0.3) is 88.6 Å². The third-order valence-electron chi connectivity index (χ3n) is 10.9. The van der Waals surface area contributed by atoms with Crippen LogP contribution in [0.15, 0.2) is 215 Å². The van der Waals surface area contributed by atoms with Gasteiger partial charge >= 0.3 is 0 Å². The number of furan rings is 1. The Morgan fingerprint density at radius 1 is 0.368 bits per heavy atom. The van der Waals surface area contributed by atoms with E-state index in [0.717, 1.165) is 72.4 Å². The van der Waals surface area contributed by atoms with E-state index in [1.165, 1.54) is 27.5 Å². The Labute approximate surface area is 329 Å². The summed E-state index contributed by atoms with van der Waals surface area (Å²) >= 11 is 0. The standard InChI is InChI=1S/C53H34N2O2/c1-3-12-37(13-4-1)45-19-9-10-21-47(45)55(42-29-24-38(25-30-42)44-20-11-17-36-14-7-8-18-43(36)44)41-27-22-35(23-28-41)40-26-31-46-50(34-40)56-48-32-33-49-52(51(46)48)54-53(57-49)39-15-5-2-6-16-39/h1-34H. The van der Waals surface area contributed by atoms with Crippen molar-refractivity contribution in [2.75, 3.05) is 4.90 Å². The number of aromatic nitrogens is 1. The molecule has 0 aliphatic rings. The summed E-state index contributed by atoms with van der Waals surface area (Å²) in [5, 5.41) is 4.47. The fourth-order valence-corrected chi connectivity index (χ4v) is 8.16. The first-order chi connectivity index (χ1) is 28.2. The predicted molar refractivity (Wildman–Crippen MR) is 235 cm³/mol. The molecule has 0 saturated heterocycles. The third kappa shape index (κ3) is 5.74. The molecule has 0 bridgehead atoms. The zero-order chi connectivity index (χ0) is 37.7. The molecule has 0 N–H and O–H groups in total. The van der Waals surface area contributed by atoms with Crippen molar-refractivity contribution in [3.8, 4) is 44.8 Å². The number of hydrogen-bond acceptors (Lipinski definition) is 4. The van der Waals surface area contributed by atoms with Gasteiger partial charge in [0.2, 0.25) is 5.89 Å². The molecule has 9 aromatic carbocycles. The number of oxazole rings is 1. The lowest BCUT2D eigenvalue weighted by molar-refractivity contribution is 0.619. The van der Waals surface area contributed by atoms with Gasteiger partial charge in [-0.15, -0.1) is 0 Å². The second-order valence-corrected chi connectivity index (χ2v) is 14.3. The van der Waals surface area contributed by atoms with Crippen LogP contribution in [0.1, 0.15) is 0 Å². The van der Waals surface area contributed by atoms with Gasteiger partial charge < -0.3 is 13.7 Å². The summed E-state index contributed by atoms with van der Waals surface area (Å²) in [6.07, 6.45) is 0. The maximum atomic E-state index is 6.45. The average molecular weight is 731 g/mol. The van der Waals surface area contributed by atoms with Crippen LogP contribution in [-0.4, -0.2) is 4.98 Å². The Kier molecular flexibility index (Phi) is 7.78. The van der Waals surface area contributed by atoms with Crippen molar-refractivity contribution in [2.45, 2.75) is 0 Å². The third-order valence-corrected chi connectivity index (χ3v) is 10.9. The fourth-order valence-electron chi connectivity index (χ4n) is 8.16. The molecule has 0 spiro atoms. The van der Waals surface area contributed by atoms with Gasteiger partial charge in [-0.05, 0) is 105 Å². The van der Waals surface area contributed by atoms with Gasteiger partial charge in [0.05, 0.1) is 11.1 Å². The number of anilines is 3. The Bertz CT molecular complexity index is 3210. The summed E-state index contributed by atoms with van der Waals surface area (Å²) in [7, 11) is 0. The molecule has 57 heavy (non-hydrogen) atoms. The highest BCUT2D eigenvalue weighted by molar-refractivity contribution is 6.17. The smallest absolute Gasteiger partial charge is 0.227 e. The van der Waals surface area contributed by atoms with E-state index in [2.05, 4.69) is 169 Å². The number of nitrogens with zero attached hydrogens (tertiary/aromatic N) is 2. The van der Waals surface area contributed by atoms with E-state index in [9.17, 15) is 0 Å². The van der Waals surface area contributed by atoms with Crippen LogP contribution in [0.3, 0.4) is 0 Å². The molecule has 0 aliphatic carbocycles. The summed E-state index contributed by atoms with van der Waals surface area (Å²) in [5.74, 6) is 0.602. The normalized spacial score (nSPS) is 11.5. The molecule has 268 valence electrons. The van der Waals surface area contributed by atoms with E-state index in [1.54, 1.807) is 0 Å². The van der Waals surface area contributed by atoms with Crippen molar-refractivity contribution in [3.05, 3.63) is 206 Å². The van der Waals surface area contributed by atoms with E-state index < -0.39 is 0 Å². The molecule has 0 aliphatic heterocycles. The van der Waals surface area contributed by atoms with Crippen molar-refractivity contribution in [1.29, 1.82) is 0 Å². The van der Waals surface area contributed by atoms with Crippen LogP contribution < -0.4 is 4.90 Å². The minimum Gasteiger partial charge on any atom is -0.456 e. The van der Waals surface area contributed by atoms with E-state index in [-0.39, 0.29) is 0 Å². The first-order valence-corrected chi connectivity index (χ1v) is 19.2. The van der Waals surface area contributed by atoms with Gasteiger partial charge in [-0.3, -0.25) is 0 Å². The molecule has 0 amide bonds. The van der Waals surface area contributed by atoms with Gasteiger partial charge in [0.25, 0.3) is 0 Å². The van der Waals surface area contributed by atoms with Gasteiger partial charge in [0.1, 0.15) is 16.7 Å². The van der Waals surface area contributed by atoms with Gasteiger partial charge in [0, 0.05) is 27.9 Å². The predicted octanol–water partition coefficient (Wildman–Crippen LogP) is 15.0. The molecule has 0 radical (unpaired) electrons. The van der Waals surface area contributed by atoms with Crippen molar-refractivity contribution in [3.63, 3.8) is 0 Å². The van der Waals surface area contributed by atoms with Crippen molar-refractivity contribution in [2.24, 2.45) is 0 Å². The molecule has 11 rings (SSSR count). The molecule has 0 atom stereocenters. The van der Waals surface area contributed by atoms with Crippen LogP contribution in [0.2, 0.25) is 0 Å². The molecule has 4 heteroatoms. The summed E-state index contributed by atoms with van der Waals surface area (Å²) in [5.41, 5.74) is 14.3. The summed E-state index contributed by atoms with van der Waals surface area (Å²) in [4.78, 5) is 7.27. The molecule has 0 unspecified atom stereocenters. The molecule has 2 heterocycles. The number of para-hydroxylation sites is 1. The molecule has 2 aromatic heterocycles. The Balaban J connectivity index is 0.983. The molecular weight excluding hydrogens is 697 g/mol. The second-order valence-electron chi connectivity index (χ2n) is 14.3. The van der Waals surface area contributed by atoms with Crippen molar-refractivity contribution < 1.29 is 8.83 Å². The zero-order valence-corrected chi connectivity index (χ0v) is 30.8. The van der Waals surface area contributed by atoms with Crippen LogP contribution in [-0.2, 0) is 0 Å². The van der Waals surface area contributed by atoms with E-state index >= 15 is 0 Å². The Morgan fingerprint density at radius 2 is 0.965 bits per heavy atom. The lowest BCUT2D eigenvalue weighted by atomic mass is 9.97. The number of rotatable bonds is 7. The molecule has 0 saturated carbocycles. The first kappa shape index (κ1) is 32.7. The van der Waals surface area contributed by atoms with Crippen molar-refractivity contribution >= 4 is 60.9 Å². The van der Waals surface area contributed by atoms with E-state index in [0.29, 0.717) is 5.89 Å². The van der Waals surface area contributed by atoms with Gasteiger partial charge in [-0.1, -0.05) is 140 Å². The minimum atomic E-state index is 0.602. The second kappa shape index (κ2) is 13.6. The molecule has 0 fully saturated rings. The van der Waals surface area contributed by atoms with Gasteiger partial charge in [0.15, 0.2) is 5.58 Å². The van der Waals surface area contributed by atoms with Crippen LogP contribution >= 0.6 is 0 Å². The highest BCUT2D eigenvalue weighted by Gasteiger charge is 2.19. The fraction of sp³-hybridized carbons (Fsp3) is 0. The van der Waals surface area contributed by atoms with Crippen LogP contribution in [0.5, 0.6) is 0 Å². The Hall–Kier alpha value is -7.69. The van der Waals surface area contributed by atoms with Crippen LogP contribution in [0, 0.1) is 0 Å². The summed E-state index contributed by atoms with van der Waals surface area (Å²) < 4.78 is 12.6. The highest BCUT2D eigenvalue weighted by atomic mass is 16.4. The zero-order valence-electron chi connectivity index (χ0n) is 30.8. The Morgan fingerprint density at radius 3 is 1.75 bits per heavy atom. The van der Waals surface area contributed by atoms with Gasteiger partial charge in [-0.2, -0.15) is 0 Å². The minimum absolute atomic E-state index is 0.602. The monoisotopic (exact) mass is 730 g/mol. The van der Waals surface area contributed by atoms with Crippen LogP contribution in [0.4, 0.5) is 17.1 Å². The number of hydrogen-bond donors (Lipinski definition) is 0. The number of benzene rings is 9. The highest BCUT2D eigenvalue weighted by Crippen LogP contribution is 2.43. The maximum Gasteiger partial charge on any atom is 0.227 e. The molecular formula is C53H34N2O2. The quantitative estimate of drug-likeness (QED) is 0.164. The summed E-state index contributed by atoms with van der Waals surface area (Å²) in [6, 6.07) is 72.4. The van der Waals surface area contributed by atoms with E-state index in [4.69, 9.17) is 13.8 Å². The average Bonchev–Trinajstić information content (AvgIpc) is 3.89. The lowest BCUT2D eigenvalue weighted by Gasteiger charge is -2.28. The molecule has 4 nitrogen and oxygen atoms in total. The SMILES string of the molecule is c1ccc(-c2nc3c(ccc4oc5cc(-c6ccc(N(c7ccc(-c8cccc9ccccc89)cc7)c7ccccc7-c7ccccc7)cc6)ccc5c43)o2)cc1. The maximum absolute atomic E-state index is 6.45. The van der Waals surface area contributed by atoms with Gasteiger partial charge in [-0.25, -0.2) is 4.98 Å². The van der Waals surface area contributed by atoms with Crippen molar-refractivity contribution in [1.82, 2.24) is 4.98 Å². The summed E-state index contributed by atoms with van der Waals surface area (Å²) in [6.45, 7) is 0. The largest absolute Gasteiger partial charge is 0.456 e.